The lowest BCUT2D eigenvalue weighted by Crippen LogP contribution is -2.42. The first-order valence-corrected chi connectivity index (χ1v) is 7.09. The van der Waals surface area contributed by atoms with Gasteiger partial charge < -0.3 is 5.73 Å². The fourth-order valence-electron chi connectivity index (χ4n) is 2.85. The molecular formula is C15H20N4O. The summed E-state index contributed by atoms with van der Waals surface area (Å²) in [5.41, 5.74) is 8.57. The van der Waals surface area contributed by atoms with E-state index in [4.69, 9.17) is 5.73 Å². The van der Waals surface area contributed by atoms with E-state index in [0.717, 1.165) is 42.8 Å². The van der Waals surface area contributed by atoms with Crippen LogP contribution in [0.1, 0.15) is 24.1 Å². The van der Waals surface area contributed by atoms with Gasteiger partial charge in [0, 0.05) is 31.4 Å². The molecule has 0 radical (unpaired) electrons. The van der Waals surface area contributed by atoms with Crippen molar-refractivity contribution in [1.82, 2.24) is 14.3 Å². The number of piperidine rings is 1. The Morgan fingerprint density at radius 2 is 2.35 bits per heavy atom. The molecule has 1 saturated heterocycles. The van der Waals surface area contributed by atoms with Crippen LogP contribution < -0.4 is 11.3 Å². The Morgan fingerprint density at radius 1 is 1.50 bits per heavy atom. The minimum Gasteiger partial charge on any atom is -0.327 e. The van der Waals surface area contributed by atoms with Crippen LogP contribution in [0.2, 0.25) is 0 Å². The summed E-state index contributed by atoms with van der Waals surface area (Å²) in [7, 11) is 0. The van der Waals surface area contributed by atoms with Gasteiger partial charge in [-0.1, -0.05) is 6.07 Å². The van der Waals surface area contributed by atoms with Crippen molar-refractivity contribution in [2.75, 3.05) is 13.1 Å². The van der Waals surface area contributed by atoms with Crippen LogP contribution in [-0.4, -0.2) is 33.4 Å². The van der Waals surface area contributed by atoms with Crippen LogP contribution in [0, 0.1) is 6.92 Å². The number of nitrogens with two attached hydrogens (primary N) is 1. The van der Waals surface area contributed by atoms with Gasteiger partial charge in [-0.25, -0.2) is 4.98 Å². The van der Waals surface area contributed by atoms with E-state index in [-0.39, 0.29) is 11.6 Å². The Bertz CT molecular complexity index is 679. The molecule has 20 heavy (non-hydrogen) atoms. The summed E-state index contributed by atoms with van der Waals surface area (Å²) in [5, 5.41) is 0. The molecule has 5 heteroatoms. The second-order valence-corrected chi connectivity index (χ2v) is 5.61. The van der Waals surface area contributed by atoms with Gasteiger partial charge in [0.25, 0.3) is 5.56 Å². The van der Waals surface area contributed by atoms with E-state index < -0.39 is 0 Å². The minimum absolute atomic E-state index is 0.0185. The molecule has 2 aromatic heterocycles. The smallest absolute Gasteiger partial charge is 0.258 e. The average molecular weight is 272 g/mol. The molecule has 106 valence electrons. The topological polar surface area (TPSA) is 63.6 Å². The molecule has 0 saturated carbocycles. The summed E-state index contributed by atoms with van der Waals surface area (Å²) < 4.78 is 1.60. The molecule has 0 amide bonds. The van der Waals surface area contributed by atoms with Crippen LogP contribution in [0.25, 0.3) is 5.65 Å². The van der Waals surface area contributed by atoms with Gasteiger partial charge in [-0.15, -0.1) is 0 Å². The molecule has 5 nitrogen and oxygen atoms in total. The highest BCUT2D eigenvalue weighted by atomic mass is 16.1. The third-order valence-corrected chi connectivity index (χ3v) is 3.87. The summed E-state index contributed by atoms with van der Waals surface area (Å²) >= 11 is 0. The molecule has 2 aromatic rings. The van der Waals surface area contributed by atoms with Gasteiger partial charge in [-0.3, -0.25) is 14.1 Å². The number of aromatic nitrogens is 2. The van der Waals surface area contributed by atoms with E-state index >= 15 is 0 Å². The maximum Gasteiger partial charge on any atom is 0.258 e. The molecule has 2 N–H and O–H groups in total. The van der Waals surface area contributed by atoms with E-state index in [2.05, 4.69) is 9.88 Å². The van der Waals surface area contributed by atoms with Crippen LogP contribution >= 0.6 is 0 Å². The van der Waals surface area contributed by atoms with E-state index in [1.807, 2.05) is 19.1 Å². The Hall–Kier alpha value is -1.72. The van der Waals surface area contributed by atoms with Gasteiger partial charge in [0.15, 0.2) is 0 Å². The van der Waals surface area contributed by atoms with Crippen molar-refractivity contribution in [3.8, 4) is 0 Å². The Morgan fingerprint density at radius 3 is 3.15 bits per heavy atom. The van der Waals surface area contributed by atoms with E-state index in [1.54, 1.807) is 16.7 Å². The number of aryl methyl sites for hydroxylation is 1. The second kappa shape index (κ2) is 5.34. The SMILES string of the molecule is Cc1cccn2c(=O)cc(CN3CCC[C@@H](N)C3)nc12. The van der Waals surface area contributed by atoms with E-state index in [0.29, 0.717) is 6.54 Å². The van der Waals surface area contributed by atoms with Crippen molar-refractivity contribution in [2.45, 2.75) is 32.4 Å². The maximum atomic E-state index is 12.1. The zero-order chi connectivity index (χ0) is 14.1. The molecule has 1 atom stereocenters. The van der Waals surface area contributed by atoms with E-state index in [1.165, 1.54) is 0 Å². The summed E-state index contributed by atoms with van der Waals surface area (Å²) in [6.45, 7) is 4.59. The quantitative estimate of drug-likeness (QED) is 0.883. The predicted molar refractivity (Wildman–Crippen MR) is 78.7 cm³/mol. The van der Waals surface area contributed by atoms with E-state index in [9.17, 15) is 4.79 Å². The Balaban J connectivity index is 1.92. The highest BCUT2D eigenvalue weighted by Crippen LogP contribution is 2.12. The number of rotatable bonds is 2. The molecule has 0 unspecified atom stereocenters. The summed E-state index contributed by atoms with van der Waals surface area (Å²) in [6.07, 6.45) is 3.97. The number of likely N-dealkylation sites (tertiary alicyclic amines) is 1. The van der Waals surface area contributed by atoms with Crippen LogP contribution in [-0.2, 0) is 6.54 Å². The van der Waals surface area contributed by atoms with Gasteiger partial charge in [0.2, 0.25) is 0 Å². The molecular weight excluding hydrogens is 252 g/mol. The summed E-state index contributed by atoms with van der Waals surface area (Å²) in [6, 6.07) is 5.72. The minimum atomic E-state index is -0.0185. The molecule has 0 aliphatic carbocycles. The fraction of sp³-hybridized carbons (Fsp3) is 0.467. The van der Waals surface area contributed by atoms with Crippen LogP contribution in [0.5, 0.6) is 0 Å². The predicted octanol–water partition coefficient (Wildman–Crippen LogP) is 0.926. The number of nitrogens with zero attached hydrogens (tertiary/aromatic N) is 3. The number of hydrogen-bond donors (Lipinski definition) is 1. The third-order valence-electron chi connectivity index (χ3n) is 3.87. The summed E-state index contributed by atoms with van der Waals surface area (Å²) in [5.74, 6) is 0. The lowest BCUT2D eigenvalue weighted by Gasteiger charge is -2.30. The van der Waals surface area contributed by atoms with Crippen molar-refractivity contribution >= 4 is 5.65 Å². The third kappa shape index (κ3) is 2.59. The molecule has 0 aromatic carbocycles. The van der Waals surface area contributed by atoms with Gasteiger partial charge >= 0.3 is 0 Å². The normalized spacial score (nSPS) is 20.4. The number of hydrogen-bond acceptors (Lipinski definition) is 4. The molecule has 1 aliphatic rings. The van der Waals surface area contributed by atoms with Gasteiger partial charge in [0.05, 0.1) is 5.69 Å². The largest absolute Gasteiger partial charge is 0.327 e. The monoisotopic (exact) mass is 272 g/mol. The summed E-state index contributed by atoms with van der Waals surface area (Å²) in [4.78, 5) is 19.1. The zero-order valence-electron chi connectivity index (χ0n) is 11.7. The van der Waals surface area contributed by atoms with Crippen LogP contribution in [0.15, 0.2) is 29.2 Å². The lowest BCUT2D eigenvalue weighted by molar-refractivity contribution is 0.199. The first kappa shape index (κ1) is 13.3. The highest BCUT2D eigenvalue weighted by Gasteiger charge is 2.17. The molecule has 0 spiro atoms. The number of pyridine rings is 1. The van der Waals surface area contributed by atoms with Crippen molar-refractivity contribution in [2.24, 2.45) is 5.73 Å². The maximum absolute atomic E-state index is 12.1. The second-order valence-electron chi connectivity index (χ2n) is 5.61. The molecule has 0 bridgehead atoms. The Kier molecular flexibility index (Phi) is 3.54. The molecule has 1 aliphatic heterocycles. The number of fused-ring (bicyclic) bond motifs is 1. The van der Waals surface area contributed by atoms with Crippen molar-refractivity contribution < 1.29 is 0 Å². The first-order chi connectivity index (χ1) is 9.63. The molecule has 1 fully saturated rings. The van der Waals surface area contributed by atoms with Gasteiger partial charge in [0.1, 0.15) is 5.65 Å². The van der Waals surface area contributed by atoms with Crippen molar-refractivity contribution in [1.29, 1.82) is 0 Å². The van der Waals surface area contributed by atoms with Crippen molar-refractivity contribution in [3.05, 3.63) is 46.0 Å². The van der Waals surface area contributed by atoms with Crippen molar-refractivity contribution in [3.63, 3.8) is 0 Å². The lowest BCUT2D eigenvalue weighted by atomic mass is 10.1. The van der Waals surface area contributed by atoms with Crippen LogP contribution in [0.4, 0.5) is 0 Å². The van der Waals surface area contributed by atoms with Gasteiger partial charge in [-0.2, -0.15) is 0 Å². The molecule has 3 heterocycles. The average Bonchev–Trinajstić information content (AvgIpc) is 2.40. The molecule has 3 rings (SSSR count). The Labute approximate surface area is 118 Å². The fourth-order valence-corrected chi connectivity index (χ4v) is 2.85. The van der Waals surface area contributed by atoms with Crippen LogP contribution in [0.3, 0.4) is 0 Å². The first-order valence-electron chi connectivity index (χ1n) is 7.09. The highest BCUT2D eigenvalue weighted by molar-refractivity contribution is 5.46. The zero-order valence-corrected chi connectivity index (χ0v) is 11.7. The van der Waals surface area contributed by atoms with Gasteiger partial charge in [-0.05, 0) is 37.9 Å². The standard InChI is InChI=1S/C15H20N4O/c1-11-4-2-7-19-14(20)8-13(17-15(11)19)10-18-6-3-5-12(16)9-18/h2,4,7-8,12H,3,5-6,9-10,16H2,1H3/t12-/m1/s1.